The van der Waals surface area contributed by atoms with Crippen LogP contribution in [0.25, 0.3) is 77.2 Å². The van der Waals surface area contributed by atoms with Crippen LogP contribution in [0.4, 0.5) is 17.1 Å². The van der Waals surface area contributed by atoms with Crippen LogP contribution in [0.1, 0.15) is 25.0 Å². The van der Waals surface area contributed by atoms with Gasteiger partial charge in [0.25, 0.3) is 0 Å². The van der Waals surface area contributed by atoms with Gasteiger partial charge in [-0.1, -0.05) is 196 Å². The Hall–Kier alpha value is -7.48. The number of rotatable bonds is 7. The van der Waals surface area contributed by atoms with Gasteiger partial charge in [-0.15, -0.1) is 0 Å². The number of hydrogen-bond donors (Lipinski definition) is 0. The van der Waals surface area contributed by atoms with Gasteiger partial charge in [0.15, 0.2) is 0 Å². The summed E-state index contributed by atoms with van der Waals surface area (Å²) in [5, 5.41) is 5.00. The highest BCUT2D eigenvalue weighted by Crippen LogP contribution is 2.50. The minimum absolute atomic E-state index is 0.0490. The maximum absolute atomic E-state index is 2.41. The Bertz CT molecular complexity index is 3200. The molecule has 284 valence electrons. The highest BCUT2D eigenvalue weighted by molar-refractivity contribution is 6.08. The van der Waals surface area contributed by atoms with Crippen LogP contribution in [0.15, 0.2) is 224 Å². The molecular formula is C59H43N. The highest BCUT2D eigenvalue weighted by Gasteiger charge is 2.35. The van der Waals surface area contributed by atoms with Crippen LogP contribution < -0.4 is 4.90 Å². The lowest BCUT2D eigenvalue weighted by Crippen LogP contribution is -2.14. The molecule has 0 bridgehead atoms. The molecule has 60 heavy (non-hydrogen) atoms. The van der Waals surface area contributed by atoms with E-state index in [0.717, 1.165) is 17.1 Å². The van der Waals surface area contributed by atoms with Gasteiger partial charge >= 0.3 is 0 Å². The molecule has 1 aliphatic carbocycles. The van der Waals surface area contributed by atoms with Crippen molar-refractivity contribution in [3.05, 3.63) is 236 Å². The maximum atomic E-state index is 2.41. The van der Waals surface area contributed by atoms with Crippen molar-refractivity contribution in [2.75, 3.05) is 4.90 Å². The largest absolute Gasteiger partial charge is 0.310 e. The second-order valence-corrected chi connectivity index (χ2v) is 16.5. The summed E-state index contributed by atoms with van der Waals surface area (Å²) < 4.78 is 0. The predicted molar refractivity (Wildman–Crippen MR) is 255 cm³/mol. The Kier molecular flexibility index (Phi) is 8.57. The van der Waals surface area contributed by atoms with E-state index in [9.17, 15) is 0 Å². The Morgan fingerprint density at radius 2 is 0.783 bits per heavy atom. The van der Waals surface area contributed by atoms with E-state index in [2.05, 4.69) is 243 Å². The fourth-order valence-electron chi connectivity index (χ4n) is 9.53. The normalized spacial score (nSPS) is 12.6. The molecule has 0 aliphatic heterocycles. The number of fused-ring (bicyclic) bond motifs is 6. The zero-order valence-corrected chi connectivity index (χ0v) is 33.8. The summed E-state index contributed by atoms with van der Waals surface area (Å²) in [5.41, 5.74) is 18.4. The zero-order valence-electron chi connectivity index (χ0n) is 33.8. The van der Waals surface area contributed by atoms with Gasteiger partial charge in [-0.05, 0) is 131 Å². The van der Waals surface area contributed by atoms with Crippen LogP contribution in [0, 0.1) is 0 Å². The first-order valence-corrected chi connectivity index (χ1v) is 20.9. The van der Waals surface area contributed by atoms with Crippen LogP contribution in [-0.4, -0.2) is 0 Å². The summed E-state index contributed by atoms with van der Waals surface area (Å²) in [6.07, 6.45) is 0. The molecule has 0 spiro atoms. The third-order valence-electron chi connectivity index (χ3n) is 12.7. The van der Waals surface area contributed by atoms with Crippen LogP contribution in [0.2, 0.25) is 0 Å². The van der Waals surface area contributed by atoms with Crippen molar-refractivity contribution in [3.8, 4) is 55.6 Å². The van der Waals surface area contributed by atoms with Crippen molar-refractivity contribution in [1.82, 2.24) is 0 Å². The average molecular weight is 766 g/mol. The summed E-state index contributed by atoms with van der Waals surface area (Å²) in [4.78, 5) is 2.41. The molecule has 0 N–H and O–H groups in total. The molecule has 0 aromatic heterocycles. The van der Waals surface area contributed by atoms with E-state index in [4.69, 9.17) is 0 Å². The fraction of sp³-hybridized carbons (Fsp3) is 0.0508. The summed E-state index contributed by atoms with van der Waals surface area (Å²) in [7, 11) is 0. The second kappa shape index (κ2) is 14.4. The van der Waals surface area contributed by atoms with Gasteiger partial charge in [-0.2, -0.15) is 0 Å². The van der Waals surface area contributed by atoms with Gasteiger partial charge in [-0.25, -0.2) is 0 Å². The Morgan fingerprint density at radius 1 is 0.283 bits per heavy atom. The van der Waals surface area contributed by atoms with Crippen molar-refractivity contribution >= 4 is 38.6 Å². The van der Waals surface area contributed by atoms with Crippen molar-refractivity contribution in [1.29, 1.82) is 0 Å². The molecule has 1 aliphatic rings. The smallest absolute Gasteiger partial charge is 0.0468 e. The van der Waals surface area contributed by atoms with Crippen molar-refractivity contribution in [3.63, 3.8) is 0 Å². The molecule has 10 aromatic carbocycles. The van der Waals surface area contributed by atoms with Crippen LogP contribution in [-0.2, 0) is 5.41 Å². The molecule has 1 nitrogen and oxygen atoms in total. The maximum Gasteiger partial charge on any atom is 0.0468 e. The van der Waals surface area contributed by atoms with E-state index in [0.29, 0.717) is 0 Å². The van der Waals surface area contributed by atoms with Gasteiger partial charge in [0.2, 0.25) is 0 Å². The van der Waals surface area contributed by atoms with Crippen LogP contribution >= 0.6 is 0 Å². The Morgan fingerprint density at radius 3 is 1.58 bits per heavy atom. The molecule has 0 unspecified atom stereocenters. The lowest BCUT2D eigenvalue weighted by atomic mass is 9.81. The van der Waals surface area contributed by atoms with Crippen molar-refractivity contribution in [2.45, 2.75) is 19.3 Å². The number of anilines is 3. The minimum Gasteiger partial charge on any atom is -0.310 e. The highest BCUT2D eigenvalue weighted by atomic mass is 15.1. The van der Waals surface area contributed by atoms with E-state index in [-0.39, 0.29) is 5.41 Å². The summed E-state index contributed by atoms with van der Waals surface area (Å²) >= 11 is 0. The van der Waals surface area contributed by atoms with E-state index in [1.54, 1.807) is 0 Å². The Labute approximate surface area is 352 Å². The molecule has 0 amide bonds. The van der Waals surface area contributed by atoms with Gasteiger partial charge in [-0.3, -0.25) is 0 Å². The van der Waals surface area contributed by atoms with E-state index >= 15 is 0 Å². The molecule has 0 heterocycles. The third kappa shape index (κ3) is 6.10. The molecule has 0 atom stereocenters. The van der Waals surface area contributed by atoms with Gasteiger partial charge < -0.3 is 4.90 Å². The lowest BCUT2D eigenvalue weighted by Gasteiger charge is -2.27. The van der Waals surface area contributed by atoms with Crippen LogP contribution in [0.3, 0.4) is 0 Å². The minimum atomic E-state index is -0.0490. The number of nitrogens with zero attached hydrogens (tertiary/aromatic N) is 1. The van der Waals surface area contributed by atoms with Gasteiger partial charge in [0.1, 0.15) is 0 Å². The molecule has 10 aromatic rings. The quantitative estimate of drug-likeness (QED) is 0.146. The Balaban J connectivity index is 1.04. The molecule has 0 radical (unpaired) electrons. The zero-order chi connectivity index (χ0) is 40.2. The first-order chi connectivity index (χ1) is 29.5. The molecule has 1 heteroatoms. The molecular weight excluding hydrogens is 723 g/mol. The first kappa shape index (κ1) is 35.7. The van der Waals surface area contributed by atoms with E-state index < -0.39 is 0 Å². The first-order valence-electron chi connectivity index (χ1n) is 20.9. The average Bonchev–Trinajstić information content (AvgIpc) is 3.55. The third-order valence-corrected chi connectivity index (χ3v) is 12.7. The van der Waals surface area contributed by atoms with E-state index in [1.165, 1.54) is 88.3 Å². The van der Waals surface area contributed by atoms with Crippen molar-refractivity contribution < 1.29 is 0 Å². The molecule has 11 rings (SSSR count). The topological polar surface area (TPSA) is 3.24 Å². The van der Waals surface area contributed by atoms with Gasteiger partial charge in [0, 0.05) is 22.5 Å². The monoisotopic (exact) mass is 765 g/mol. The van der Waals surface area contributed by atoms with Crippen molar-refractivity contribution in [2.24, 2.45) is 0 Å². The summed E-state index contributed by atoms with van der Waals surface area (Å²) in [5.74, 6) is 0. The predicted octanol–water partition coefficient (Wildman–Crippen LogP) is 16.4. The lowest BCUT2D eigenvalue weighted by molar-refractivity contribution is 0.660. The summed E-state index contributed by atoms with van der Waals surface area (Å²) in [6.45, 7) is 4.70. The fourth-order valence-corrected chi connectivity index (χ4v) is 9.53. The number of hydrogen-bond acceptors (Lipinski definition) is 1. The number of benzene rings is 10. The van der Waals surface area contributed by atoms with Gasteiger partial charge in [0.05, 0.1) is 0 Å². The SMILES string of the molecule is CC1(C)c2ccccc2-c2ccc(-c3ccc(N(c4ccc(-c5ccc(-c6ccccc6)cc5)c(-c5ccccc5)c4)c4ccc5c(ccc6ccccc65)c4)cc3)cc21. The molecule has 0 saturated carbocycles. The van der Waals surface area contributed by atoms with E-state index in [1.807, 2.05) is 0 Å². The second-order valence-electron chi connectivity index (χ2n) is 16.5. The molecule has 0 saturated heterocycles. The van der Waals surface area contributed by atoms with Crippen LogP contribution in [0.5, 0.6) is 0 Å². The standard InChI is InChI=1S/C59H43N/c1-59(2)57-20-12-11-19-54(57)55-34-29-46(38-58(55)59)42-27-30-48(31-28-42)60(49-32-36-53-47(37-49)26-25-44-17-9-10-18-51(44)53)50-33-35-52(56(39-50)43-15-7-4-8-16-43)45-23-21-41(22-24-45)40-13-5-3-6-14-40/h3-39H,1-2H3. The summed E-state index contributed by atoms with van der Waals surface area (Å²) in [6, 6.07) is 82.4. The molecule has 0 fully saturated rings.